The smallest absolute Gasteiger partial charge is 0.0540 e. The first kappa shape index (κ1) is 46.3. The first-order chi connectivity index (χ1) is 37.6. The number of fused-ring (bicyclic) bond motifs is 6. The molecule has 14 aromatic rings. The van der Waals surface area contributed by atoms with Crippen molar-refractivity contribution in [1.29, 1.82) is 0 Å². The molecule has 0 aliphatic heterocycles. The van der Waals surface area contributed by atoms with Crippen LogP contribution in [0.4, 0.5) is 34.1 Å². The van der Waals surface area contributed by atoms with Crippen LogP contribution in [0.5, 0.6) is 0 Å². The number of anilines is 6. The Morgan fingerprint density at radius 2 is 0.697 bits per heavy atom. The van der Waals surface area contributed by atoms with Gasteiger partial charge in [-0.15, -0.1) is 22.7 Å². The molecule has 76 heavy (non-hydrogen) atoms. The lowest BCUT2D eigenvalue weighted by Gasteiger charge is -2.33. The minimum absolute atomic E-state index is 0.883. The molecule has 0 aliphatic rings. The van der Waals surface area contributed by atoms with Gasteiger partial charge >= 0.3 is 0 Å². The van der Waals surface area contributed by atoms with E-state index in [1.807, 2.05) is 22.7 Å². The predicted molar refractivity (Wildman–Crippen MR) is 334 cm³/mol. The fourth-order valence-electron chi connectivity index (χ4n) is 12.7. The zero-order valence-corrected chi connectivity index (χ0v) is 45.0. The van der Waals surface area contributed by atoms with Crippen LogP contribution in [0.25, 0.3) is 94.9 Å². The third-order valence-electron chi connectivity index (χ3n) is 16.2. The number of hydrogen-bond donors (Lipinski definition) is 0. The Bertz CT molecular complexity index is 4240. The number of thiophene rings is 2. The molecule has 0 radical (unpaired) electrons. The fourth-order valence-corrected chi connectivity index (χ4v) is 15.2. The second kappa shape index (κ2) is 18.8. The lowest BCUT2D eigenvalue weighted by molar-refractivity contribution is 1.06. The highest BCUT2D eigenvalue weighted by molar-refractivity contribution is 7.26. The van der Waals surface area contributed by atoms with Crippen LogP contribution in [0.15, 0.2) is 218 Å². The molecule has 366 valence electrons. The number of hydrogen-bond acceptors (Lipinski definition) is 4. The van der Waals surface area contributed by atoms with Gasteiger partial charge in [0.1, 0.15) is 0 Å². The van der Waals surface area contributed by atoms with Gasteiger partial charge in [-0.2, -0.15) is 0 Å². The second-order valence-electron chi connectivity index (χ2n) is 20.1. The van der Waals surface area contributed by atoms with Crippen LogP contribution in [0, 0.1) is 0 Å². The molecule has 2 heterocycles. The molecule has 4 heteroatoms. The zero-order chi connectivity index (χ0) is 51.0. The lowest BCUT2D eigenvalue weighted by atomic mass is 9.89. The molecule has 0 unspecified atom stereocenters. The van der Waals surface area contributed by atoms with E-state index in [1.54, 1.807) is 0 Å². The average Bonchev–Trinajstić information content (AvgIpc) is 4.19. The second-order valence-corrected chi connectivity index (χ2v) is 22.2. The van der Waals surface area contributed by atoms with Crippen LogP contribution in [-0.4, -0.2) is 0 Å². The molecule has 0 bridgehead atoms. The fraction of sp³-hybridized carbons (Fsp3) is 0.111. The standard InChI is InChI=1S/C72H56N2S2/c1-5-45-33-39-53(57-27-19-29-59-55-25-15-17-31-65(55)75-71(57)59)51(7-3)69(45)73(49-21-11-9-12-22-49)63-43-37-47-36-42-62-64(44-38-48-35-41-61(63)67(47)68(48)62)74(50-23-13-10-14-24-50)70-46(6-2)34-40-54(52(70)8-4)58-28-20-30-60-56-26-16-18-32-66(56)76-72(58)60/h9-44H,5-8H2,1-4H3. The maximum atomic E-state index is 2.60. The molecule has 14 rings (SSSR count). The summed E-state index contributed by atoms with van der Waals surface area (Å²) < 4.78 is 5.35. The molecule has 0 fully saturated rings. The van der Waals surface area contributed by atoms with E-state index < -0.39 is 0 Å². The van der Waals surface area contributed by atoms with Crippen molar-refractivity contribution in [1.82, 2.24) is 0 Å². The van der Waals surface area contributed by atoms with Gasteiger partial charge < -0.3 is 9.80 Å². The van der Waals surface area contributed by atoms with Gasteiger partial charge in [0.2, 0.25) is 0 Å². The van der Waals surface area contributed by atoms with E-state index in [-0.39, 0.29) is 0 Å². The van der Waals surface area contributed by atoms with Crippen LogP contribution in [-0.2, 0) is 25.7 Å². The highest BCUT2D eigenvalue weighted by atomic mass is 32.1. The van der Waals surface area contributed by atoms with Crippen LogP contribution in [0.2, 0.25) is 0 Å². The summed E-state index contributed by atoms with van der Waals surface area (Å²) in [7, 11) is 0. The van der Waals surface area contributed by atoms with E-state index in [1.165, 1.54) is 140 Å². The summed E-state index contributed by atoms with van der Waals surface area (Å²) in [6, 6.07) is 82.4. The van der Waals surface area contributed by atoms with Crippen molar-refractivity contribution in [3.63, 3.8) is 0 Å². The highest BCUT2D eigenvalue weighted by Gasteiger charge is 2.28. The van der Waals surface area contributed by atoms with Gasteiger partial charge in [-0.25, -0.2) is 0 Å². The molecule has 12 aromatic carbocycles. The van der Waals surface area contributed by atoms with E-state index in [9.17, 15) is 0 Å². The Labute approximate surface area is 452 Å². The summed E-state index contributed by atoms with van der Waals surface area (Å²) in [6.07, 6.45) is 3.58. The molecule has 0 N–H and O–H groups in total. The maximum absolute atomic E-state index is 2.60. The van der Waals surface area contributed by atoms with Crippen LogP contribution in [0.1, 0.15) is 49.9 Å². The number of benzene rings is 12. The minimum atomic E-state index is 0.883. The number of nitrogens with zero attached hydrogens (tertiary/aromatic N) is 2. The Balaban J connectivity index is 1.01. The largest absolute Gasteiger partial charge is 0.309 e. The van der Waals surface area contributed by atoms with Gasteiger partial charge in [0.25, 0.3) is 0 Å². The van der Waals surface area contributed by atoms with Crippen LogP contribution in [0.3, 0.4) is 0 Å². The topological polar surface area (TPSA) is 6.48 Å². The van der Waals surface area contributed by atoms with Crippen molar-refractivity contribution in [3.05, 3.63) is 241 Å². The molecule has 0 saturated carbocycles. The molecule has 0 amide bonds. The quantitative estimate of drug-likeness (QED) is 0.113. The molecule has 0 spiro atoms. The Hall–Kier alpha value is -8.28. The van der Waals surface area contributed by atoms with E-state index in [0.717, 1.165) is 37.1 Å². The zero-order valence-electron chi connectivity index (χ0n) is 43.3. The molecule has 2 nitrogen and oxygen atoms in total. The van der Waals surface area contributed by atoms with Crippen LogP contribution >= 0.6 is 22.7 Å². The summed E-state index contributed by atoms with van der Waals surface area (Å²) in [5.74, 6) is 0. The molecular formula is C72H56N2S2. The molecule has 0 atom stereocenters. The SMILES string of the molecule is CCc1ccc(-c2cccc3c2sc2ccccc23)c(CC)c1N(c1ccccc1)c1ccc2ccc3c(N(c4ccccc4)c4c(CC)ccc(-c5cccc6c5sc5ccccc56)c4CC)ccc4ccc1c2c43. The summed E-state index contributed by atoms with van der Waals surface area (Å²) in [4.78, 5) is 5.19. The first-order valence-electron chi connectivity index (χ1n) is 27.1. The van der Waals surface area contributed by atoms with E-state index in [4.69, 9.17) is 0 Å². The van der Waals surface area contributed by atoms with E-state index in [2.05, 4.69) is 256 Å². The minimum Gasteiger partial charge on any atom is -0.309 e. The van der Waals surface area contributed by atoms with Crippen molar-refractivity contribution < 1.29 is 0 Å². The summed E-state index contributed by atoms with van der Waals surface area (Å²) in [5.41, 5.74) is 17.9. The third-order valence-corrected chi connectivity index (χ3v) is 18.6. The summed E-state index contributed by atoms with van der Waals surface area (Å²) in [5, 5.41) is 12.9. The van der Waals surface area contributed by atoms with Gasteiger partial charge in [0.05, 0.1) is 22.7 Å². The Morgan fingerprint density at radius 1 is 0.303 bits per heavy atom. The van der Waals surface area contributed by atoms with Gasteiger partial charge in [0, 0.05) is 62.5 Å². The van der Waals surface area contributed by atoms with Gasteiger partial charge in [-0.1, -0.05) is 198 Å². The van der Waals surface area contributed by atoms with Crippen molar-refractivity contribution in [2.75, 3.05) is 9.80 Å². The monoisotopic (exact) mass is 1010 g/mol. The number of aryl methyl sites for hydroxylation is 2. The normalized spacial score (nSPS) is 11.9. The summed E-state index contributed by atoms with van der Waals surface area (Å²) >= 11 is 3.83. The summed E-state index contributed by atoms with van der Waals surface area (Å²) in [6.45, 7) is 9.31. The van der Waals surface area contributed by atoms with Gasteiger partial charge in [-0.3, -0.25) is 0 Å². The van der Waals surface area contributed by atoms with Crippen LogP contribution < -0.4 is 9.80 Å². The Morgan fingerprint density at radius 3 is 1.12 bits per heavy atom. The average molecular weight is 1010 g/mol. The third kappa shape index (κ3) is 7.19. The molecule has 0 aliphatic carbocycles. The van der Waals surface area contributed by atoms with E-state index in [0.29, 0.717) is 0 Å². The first-order valence-corrected chi connectivity index (χ1v) is 28.7. The Kier molecular flexibility index (Phi) is 11.5. The molecule has 0 saturated heterocycles. The predicted octanol–water partition coefficient (Wildman–Crippen LogP) is 21.8. The highest BCUT2D eigenvalue weighted by Crippen LogP contribution is 2.53. The number of para-hydroxylation sites is 2. The van der Waals surface area contributed by atoms with E-state index >= 15 is 0 Å². The van der Waals surface area contributed by atoms with Gasteiger partial charge in [-0.05, 0) is 140 Å². The van der Waals surface area contributed by atoms with Gasteiger partial charge in [0.15, 0.2) is 0 Å². The molecule has 2 aromatic heterocycles. The molecular weight excluding hydrogens is 957 g/mol. The lowest BCUT2D eigenvalue weighted by Crippen LogP contribution is -2.16. The van der Waals surface area contributed by atoms with Crippen molar-refractivity contribution in [3.8, 4) is 22.3 Å². The van der Waals surface area contributed by atoms with Crippen molar-refractivity contribution in [2.45, 2.75) is 53.4 Å². The van der Waals surface area contributed by atoms with Crippen molar-refractivity contribution in [2.24, 2.45) is 0 Å². The number of rotatable bonds is 12. The van der Waals surface area contributed by atoms with Crippen molar-refractivity contribution >= 4 is 129 Å². The maximum Gasteiger partial charge on any atom is 0.0540 e.